The van der Waals surface area contributed by atoms with Crippen LogP contribution in [0.5, 0.6) is 17.2 Å². The van der Waals surface area contributed by atoms with E-state index in [-0.39, 0.29) is 10.8 Å². The van der Waals surface area contributed by atoms with Gasteiger partial charge < -0.3 is 13.6 Å². The third kappa shape index (κ3) is 6.24. The van der Waals surface area contributed by atoms with E-state index in [4.69, 9.17) is 13.6 Å². The minimum absolute atomic E-state index is 0.0924. The van der Waals surface area contributed by atoms with Gasteiger partial charge in [0.25, 0.3) is 0 Å². The molecule has 0 saturated heterocycles. The van der Waals surface area contributed by atoms with Crippen LogP contribution in [0.3, 0.4) is 0 Å². The molecular weight excluding hydrogens is 391 g/mol. The highest BCUT2D eigenvalue weighted by atomic mass is 31.2. The van der Waals surface area contributed by atoms with Crippen molar-refractivity contribution in [2.45, 2.75) is 52.4 Å². The van der Waals surface area contributed by atoms with Crippen LogP contribution in [0.4, 0.5) is 0 Å². The maximum atomic E-state index is 6.11. The number of hydrogen-bond acceptors (Lipinski definition) is 3. The van der Waals surface area contributed by atoms with E-state index < -0.39 is 8.60 Å². The van der Waals surface area contributed by atoms with Gasteiger partial charge in [-0.25, -0.2) is 0 Å². The van der Waals surface area contributed by atoms with Gasteiger partial charge in [-0.3, -0.25) is 0 Å². The molecule has 0 aromatic heterocycles. The Kier molecular flexibility index (Phi) is 6.73. The zero-order chi connectivity index (χ0) is 21.8. The minimum Gasteiger partial charge on any atom is -0.409 e. The highest BCUT2D eigenvalue weighted by molar-refractivity contribution is 7.43. The first-order valence-electron chi connectivity index (χ1n) is 10.2. The van der Waals surface area contributed by atoms with Crippen LogP contribution in [0.25, 0.3) is 0 Å². The lowest BCUT2D eigenvalue weighted by Gasteiger charge is -2.21. The van der Waals surface area contributed by atoms with Crippen LogP contribution in [-0.4, -0.2) is 0 Å². The Hall–Kier alpha value is -2.51. The van der Waals surface area contributed by atoms with Crippen LogP contribution in [0, 0.1) is 0 Å². The van der Waals surface area contributed by atoms with E-state index in [1.54, 1.807) is 0 Å². The summed E-state index contributed by atoms with van der Waals surface area (Å²) in [7, 11) is -1.66. The Morgan fingerprint density at radius 1 is 0.467 bits per heavy atom. The first-order valence-corrected chi connectivity index (χ1v) is 11.3. The highest BCUT2D eigenvalue weighted by Crippen LogP contribution is 2.42. The van der Waals surface area contributed by atoms with E-state index in [1.165, 1.54) is 11.1 Å². The normalized spacial score (nSPS) is 12.0. The van der Waals surface area contributed by atoms with Crippen molar-refractivity contribution in [3.05, 3.63) is 90.0 Å². The number of hydrogen-bond donors (Lipinski definition) is 0. The van der Waals surface area contributed by atoms with Crippen molar-refractivity contribution < 1.29 is 13.6 Å². The Labute approximate surface area is 182 Å². The second kappa shape index (κ2) is 9.10. The molecule has 158 valence electrons. The summed E-state index contributed by atoms with van der Waals surface area (Å²) < 4.78 is 18.3. The Morgan fingerprint density at radius 2 is 0.800 bits per heavy atom. The van der Waals surface area contributed by atoms with Crippen LogP contribution in [0.1, 0.15) is 52.7 Å². The Balaban J connectivity index is 1.78. The van der Waals surface area contributed by atoms with Crippen molar-refractivity contribution >= 4 is 8.60 Å². The van der Waals surface area contributed by atoms with Crippen LogP contribution in [0.15, 0.2) is 78.9 Å². The van der Waals surface area contributed by atoms with Gasteiger partial charge in [0.1, 0.15) is 17.2 Å². The lowest BCUT2D eigenvalue weighted by atomic mass is 9.87. The van der Waals surface area contributed by atoms with Gasteiger partial charge in [-0.05, 0) is 58.4 Å². The third-order valence-electron chi connectivity index (χ3n) is 4.72. The summed E-state index contributed by atoms with van der Waals surface area (Å²) in [5.41, 5.74) is 2.69. The molecule has 0 amide bonds. The van der Waals surface area contributed by atoms with Crippen LogP contribution in [-0.2, 0) is 10.8 Å². The molecule has 4 heteroatoms. The van der Waals surface area contributed by atoms with Gasteiger partial charge in [-0.2, -0.15) is 0 Å². The SMILES string of the molecule is CC(C)(C)c1ccc(OP(Oc2ccccc2)Oc2ccc(C(C)(C)C)cc2)cc1. The Bertz CT molecular complexity index is 862. The number of rotatable bonds is 6. The van der Waals surface area contributed by atoms with Crippen molar-refractivity contribution in [3.63, 3.8) is 0 Å². The first kappa shape index (κ1) is 22.2. The van der Waals surface area contributed by atoms with Crippen molar-refractivity contribution in [3.8, 4) is 17.2 Å². The molecule has 0 aliphatic heterocycles. The lowest BCUT2D eigenvalue weighted by molar-refractivity contribution is 0.388. The zero-order valence-electron chi connectivity index (χ0n) is 18.7. The molecule has 3 aromatic carbocycles. The van der Waals surface area contributed by atoms with E-state index in [0.29, 0.717) is 5.75 Å². The maximum absolute atomic E-state index is 6.11. The largest absolute Gasteiger partial charge is 0.530 e. The quantitative estimate of drug-likeness (QED) is 0.376. The first-order chi connectivity index (χ1) is 14.1. The molecule has 3 nitrogen and oxygen atoms in total. The van der Waals surface area contributed by atoms with Crippen LogP contribution < -0.4 is 13.6 Å². The Morgan fingerprint density at radius 3 is 1.13 bits per heavy atom. The summed E-state index contributed by atoms with van der Waals surface area (Å²) in [5, 5.41) is 0. The fourth-order valence-electron chi connectivity index (χ4n) is 2.83. The molecule has 0 unspecified atom stereocenters. The molecule has 0 heterocycles. The standard InChI is InChI=1S/C26H31O3P/c1-25(2,3)20-12-16-23(17-13-20)28-30(27-22-10-8-7-9-11-22)29-24-18-14-21(15-19-24)26(4,5)6/h7-19H,1-6H3. The van der Waals surface area contributed by atoms with Gasteiger partial charge in [-0.15, -0.1) is 0 Å². The molecule has 0 bridgehead atoms. The predicted molar refractivity (Wildman–Crippen MR) is 126 cm³/mol. The van der Waals surface area contributed by atoms with E-state index in [0.717, 1.165) is 11.5 Å². The topological polar surface area (TPSA) is 27.7 Å². The molecule has 0 N–H and O–H groups in total. The molecule has 0 aliphatic carbocycles. The molecule has 3 rings (SSSR count). The van der Waals surface area contributed by atoms with E-state index in [1.807, 2.05) is 54.6 Å². The van der Waals surface area contributed by atoms with Crippen molar-refractivity contribution in [1.29, 1.82) is 0 Å². The highest BCUT2D eigenvalue weighted by Gasteiger charge is 2.21. The zero-order valence-corrected chi connectivity index (χ0v) is 19.6. The van der Waals surface area contributed by atoms with Gasteiger partial charge in [-0.1, -0.05) is 84.0 Å². The summed E-state index contributed by atoms with van der Waals surface area (Å²) in [5.74, 6) is 2.15. The molecular formula is C26H31O3P. The van der Waals surface area contributed by atoms with Crippen molar-refractivity contribution in [2.24, 2.45) is 0 Å². The maximum Gasteiger partial charge on any atom is 0.530 e. The van der Waals surface area contributed by atoms with Crippen molar-refractivity contribution in [1.82, 2.24) is 0 Å². The number of para-hydroxylation sites is 1. The van der Waals surface area contributed by atoms with Gasteiger partial charge >= 0.3 is 8.60 Å². The van der Waals surface area contributed by atoms with Gasteiger partial charge in [0.05, 0.1) is 0 Å². The molecule has 0 fully saturated rings. The monoisotopic (exact) mass is 422 g/mol. The van der Waals surface area contributed by atoms with Gasteiger partial charge in [0.15, 0.2) is 0 Å². The third-order valence-corrected chi connectivity index (χ3v) is 5.80. The van der Waals surface area contributed by atoms with E-state index >= 15 is 0 Å². The summed E-state index contributed by atoms with van der Waals surface area (Å²) in [6.45, 7) is 13.2. The summed E-state index contributed by atoms with van der Waals surface area (Å²) >= 11 is 0. The fraction of sp³-hybridized carbons (Fsp3) is 0.308. The predicted octanol–water partition coefficient (Wildman–Crippen LogP) is 8.05. The summed E-state index contributed by atoms with van der Waals surface area (Å²) in [6.07, 6.45) is 0. The smallest absolute Gasteiger partial charge is 0.409 e. The molecule has 0 atom stereocenters. The second-order valence-electron chi connectivity index (χ2n) is 9.36. The van der Waals surface area contributed by atoms with Crippen molar-refractivity contribution in [2.75, 3.05) is 0 Å². The lowest BCUT2D eigenvalue weighted by Crippen LogP contribution is -2.11. The molecule has 0 saturated carbocycles. The number of benzene rings is 3. The van der Waals surface area contributed by atoms with Gasteiger partial charge in [0.2, 0.25) is 0 Å². The fourth-order valence-corrected chi connectivity index (χ4v) is 3.82. The van der Waals surface area contributed by atoms with Crippen LogP contribution in [0.2, 0.25) is 0 Å². The van der Waals surface area contributed by atoms with Crippen LogP contribution >= 0.6 is 8.60 Å². The molecule has 0 aliphatic rings. The molecule has 3 aromatic rings. The summed E-state index contributed by atoms with van der Waals surface area (Å²) in [6, 6.07) is 25.8. The molecule has 30 heavy (non-hydrogen) atoms. The average molecular weight is 423 g/mol. The second-order valence-corrected chi connectivity index (χ2v) is 10.4. The van der Waals surface area contributed by atoms with E-state index in [9.17, 15) is 0 Å². The summed E-state index contributed by atoms with van der Waals surface area (Å²) in [4.78, 5) is 0. The van der Waals surface area contributed by atoms with E-state index in [2.05, 4.69) is 65.8 Å². The average Bonchev–Trinajstić information content (AvgIpc) is 2.68. The minimum atomic E-state index is -1.66. The molecule has 0 radical (unpaired) electrons. The van der Waals surface area contributed by atoms with Gasteiger partial charge in [0, 0.05) is 0 Å². The molecule has 0 spiro atoms.